The van der Waals surface area contributed by atoms with Crippen molar-refractivity contribution in [2.45, 2.75) is 31.7 Å². The largest absolute Gasteiger partial charge is 0.403 e. The molecule has 1 aliphatic heterocycles. The number of nitrogens with one attached hydrogen (secondary N) is 2. The number of allylic oxidation sites excluding steroid dienone is 1. The molecule has 3 aliphatic rings. The van der Waals surface area contributed by atoms with Crippen LogP contribution in [0.25, 0.3) is 0 Å². The van der Waals surface area contributed by atoms with Crippen LogP contribution >= 0.6 is 11.6 Å². The zero-order valence-electron chi connectivity index (χ0n) is 15.9. The maximum absolute atomic E-state index is 12.3. The van der Waals surface area contributed by atoms with Crippen LogP contribution in [0, 0.1) is 17.8 Å². The minimum atomic E-state index is 0.301. The summed E-state index contributed by atoms with van der Waals surface area (Å²) in [5.41, 5.74) is 6.18. The molecule has 0 spiro atoms. The Labute approximate surface area is 169 Å². The molecule has 1 aromatic rings. The number of carbonyl (C=O) groups is 1. The number of nitrogens with zero attached hydrogens (tertiary/aromatic N) is 4. The van der Waals surface area contributed by atoms with E-state index in [4.69, 9.17) is 17.3 Å². The van der Waals surface area contributed by atoms with Gasteiger partial charge in [-0.05, 0) is 37.5 Å². The van der Waals surface area contributed by atoms with Crippen molar-refractivity contribution in [3.05, 3.63) is 23.1 Å². The van der Waals surface area contributed by atoms with Gasteiger partial charge in [0.15, 0.2) is 5.82 Å². The van der Waals surface area contributed by atoms with Crippen molar-refractivity contribution >= 4 is 35.5 Å². The summed E-state index contributed by atoms with van der Waals surface area (Å²) in [6, 6.07) is 0.301. The Hall–Kier alpha value is -2.35. The van der Waals surface area contributed by atoms with Crippen molar-refractivity contribution in [2.24, 2.45) is 28.5 Å². The van der Waals surface area contributed by atoms with Crippen molar-refractivity contribution < 1.29 is 4.79 Å². The average molecular weight is 404 g/mol. The van der Waals surface area contributed by atoms with E-state index in [-0.39, 0.29) is 0 Å². The highest BCUT2D eigenvalue weighted by atomic mass is 35.5. The summed E-state index contributed by atoms with van der Waals surface area (Å²) in [7, 11) is 1.66. The molecule has 9 heteroatoms. The molecule has 2 aliphatic carbocycles. The van der Waals surface area contributed by atoms with E-state index in [2.05, 4.69) is 30.5 Å². The second-order valence-electron chi connectivity index (χ2n) is 7.87. The monoisotopic (exact) mass is 403 g/mol. The highest BCUT2D eigenvalue weighted by molar-refractivity contribution is 6.32. The number of anilines is 2. The minimum absolute atomic E-state index is 0.301. The molecular formula is C19H26ClN7O. The van der Waals surface area contributed by atoms with E-state index in [0.29, 0.717) is 52.2 Å². The first-order valence-electron chi connectivity index (χ1n) is 9.76. The van der Waals surface area contributed by atoms with Crippen LogP contribution in [0.15, 0.2) is 23.1 Å². The zero-order chi connectivity index (χ0) is 19.7. The van der Waals surface area contributed by atoms with Gasteiger partial charge >= 0.3 is 0 Å². The molecule has 1 saturated heterocycles. The summed E-state index contributed by atoms with van der Waals surface area (Å²) in [4.78, 5) is 27.0. The van der Waals surface area contributed by atoms with Gasteiger partial charge in [-0.15, -0.1) is 0 Å². The van der Waals surface area contributed by atoms with Crippen LogP contribution in [-0.4, -0.2) is 53.2 Å². The number of aliphatic imine (C=N–C) groups is 1. The number of nitrogens with two attached hydrogens (primary N) is 1. The van der Waals surface area contributed by atoms with Crippen LogP contribution in [-0.2, 0) is 4.79 Å². The molecule has 2 heterocycles. The average Bonchev–Trinajstić information content (AvgIpc) is 3.35. The molecule has 1 amide bonds. The number of amides is 1. The fourth-order valence-corrected chi connectivity index (χ4v) is 4.44. The summed E-state index contributed by atoms with van der Waals surface area (Å²) < 4.78 is 0. The van der Waals surface area contributed by atoms with Crippen molar-refractivity contribution in [1.82, 2.24) is 14.9 Å². The van der Waals surface area contributed by atoms with Crippen LogP contribution < -0.4 is 16.4 Å². The van der Waals surface area contributed by atoms with Gasteiger partial charge in [0, 0.05) is 44.5 Å². The summed E-state index contributed by atoms with van der Waals surface area (Å²) >= 11 is 6.30. The topological polar surface area (TPSA) is 109 Å². The first-order valence-corrected chi connectivity index (χ1v) is 10.1. The van der Waals surface area contributed by atoms with Crippen LogP contribution in [0.1, 0.15) is 25.7 Å². The summed E-state index contributed by atoms with van der Waals surface area (Å²) in [5, 5.41) is 6.97. The Balaban J connectivity index is 1.36. The second kappa shape index (κ2) is 7.95. The second-order valence-corrected chi connectivity index (χ2v) is 8.28. The van der Waals surface area contributed by atoms with E-state index in [1.54, 1.807) is 19.5 Å². The number of halogens is 1. The van der Waals surface area contributed by atoms with Gasteiger partial charge in [-0.1, -0.05) is 11.6 Å². The lowest BCUT2D eigenvalue weighted by Crippen LogP contribution is -2.32. The predicted molar refractivity (Wildman–Crippen MR) is 110 cm³/mol. The summed E-state index contributed by atoms with van der Waals surface area (Å²) in [6.07, 6.45) is 8.77. The number of aromatic nitrogens is 2. The minimum Gasteiger partial charge on any atom is -0.403 e. The third-order valence-corrected chi connectivity index (χ3v) is 6.05. The van der Waals surface area contributed by atoms with E-state index >= 15 is 0 Å². The highest BCUT2D eigenvalue weighted by Gasteiger charge is 2.45. The molecule has 1 aromatic heterocycles. The van der Waals surface area contributed by atoms with E-state index < -0.39 is 0 Å². The van der Waals surface area contributed by atoms with Crippen molar-refractivity contribution in [1.29, 1.82) is 0 Å². The van der Waals surface area contributed by atoms with Crippen molar-refractivity contribution in [3.8, 4) is 0 Å². The van der Waals surface area contributed by atoms with Gasteiger partial charge in [0.1, 0.15) is 5.02 Å². The molecule has 4 N–H and O–H groups in total. The number of carbonyl (C=O) groups excluding carboxylic acids is 1. The molecule has 0 radical (unpaired) electrons. The van der Waals surface area contributed by atoms with Gasteiger partial charge in [-0.3, -0.25) is 9.79 Å². The Kier molecular flexibility index (Phi) is 5.39. The van der Waals surface area contributed by atoms with E-state index in [0.717, 1.165) is 38.8 Å². The molecule has 0 bridgehead atoms. The number of rotatable bonds is 6. The Morgan fingerprint density at radius 2 is 2.07 bits per heavy atom. The predicted octanol–water partition coefficient (Wildman–Crippen LogP) is 2.10. The Bertz CT molecular complexity index is 793. The molecule has 0 aromatic carbocycles. The third kappa shape index (κ3) is 4.06. The normalized spacial score (nSPS) is 27.3. The molecule has 2 unspecified atom stereocenters. The van der Waals surface area contributed by atoms with E-state index in [1.165, 1.54) is 6.20 Å². The maximum Gasteiger partial charge on any atom is 0.229 e. The summed E-state index contributed by atoms with van der Waals surface area (Å²) in [6.45, 7) is 1.78. The Morgan fingerprint density at radius 3 is 2.68 bits per heavy atom. The fourth-order valence-electron chi connectivity index (χ4n) is 4.29. The standard InChI is InChI=1S/C19H26ClN7O/c1-22-7-15(6-21)25-19-23-8-16(20)17(26-19)24-14-4-12-9-27(10-13(12)5-14)18(28)11-2-3-11/h6-8,11-14H,2-5,9-10,21H2,1H3,(H2,23,24,25,26). The quantitative estimate of drug-likeness (QED) is 0.627. The van der Waals surface area contributed by atoms with Crippen LogP contribution in [0.2, 0.25) is 5.02 Å². The van der Waals surface area contributed by atoms with Gasteiger partial charge in [0.25, 0.3) is 0 Å². The SMILES string of the molecule is CN=CC(=CN)Nc1ncc(Cl)c(NC2CC3CN(C(=O)C4CC4)CC3C2)n1. The van der Waals surface area contributed by atoms with Gasteiger partial charge < -0.3 is 21.3 Å². The molecule has 28 heavy (non-hydrogen) atoms. The van der Waals surface area contributed by atoms with Gasteiger partial charge in [-0.25, -0.2) is 4.98 Å². The number of hydrogen-bond donors (Lipinski definition) is 3. The van der Waals surface area contributed by atoms with Gasteiger partial charge in [0.2, 0.25) is 11.9 Å². The highest BCUT2D eigenvalue weighted by Crippen LogP contribution is 2.42. The van der Waals surface area contributed by atoms with Crippen LogP contribution in [0.5, 0.6) is 0 Å². The van der Waals surface area contributed by atoms with Crippen LogP contribution in [0.4, 0.5) is 11.8 Å². The molecular weight excluding hydrogens is 378 g/mol. The molecule has 2 saturated carbocycles. The summed E-state index contributed by atoms with van der Waals surface area (Å²) in [5.74, 6) is 2.82. The third-order valence-electron chi connectivity index (χ3n) is 5.78. The van der Waals surface area contributed by atoms with E-state index in [1.807, 2.05) is 0 Å². The molecule has 2 atom stereocenters. The van der Waals surface area contributed by atoms with Gasteiger partial charge in [0.05, 0.1) is 11.9 Å². The van der Waals surface area contributed by atoms with Crippen LogP contribution in [0.3, 0.4) is 0 Å². The first kappa shape index (κ1) is 19.0. The number of hydrogen-bond acceptors (Lipinski definition) is 7. The van der Waals surface area contributed by atoms with Gasteiger partial charge in [-0.2, -0.15) is 4.98 Å². The lowest BCUT2D eigenvalue weighted by Gasteiger charge is -2.20. The lowest BCUT2D eigenvalue weighted by molar-refractivity contribution is -0.131. The Morgan fingerprint density at radius 1 is 1.36 bits per heavy atom. The fraction of sp³-hybridized carbons (Fsp3) is 0.579. The van der Waals surface area contributed by atoms with Crippen molar-refractivity contribution in [3.63, 3.8) is 0 Å². The molecule has 3 fully saturated rings. The molecule has 4 rings (SSSR count). The van der Waals surface area contributed by atoms with Crippen molar-refractivity contribution in [2.75, 3.05) is 30.8 Å². The number of likely N-dealkylation sites (tertiary alicyclic amines) is 1. The molecule has 8 nitrogen and oxygen atoms in total. The molecule has 150 valence electrons. The number of fused-ring (bicyclic) bond motifs is 1. The first-order chi connectivity index (χ1) is 13.6. The van der Waals surface area contributed by atoms with E-state index in [9.17, 15) is 4.79 Å². The zero-order valence-corrected chi connectivity index (χ0v) is 16.7. The lowest BCUT2D eigenvalue weighted by atomic mass is 10.0. The maximum atomic E-state index is 12.3. The smallest absolute Gasteiger partial charge is 0.229 e.